The van der Waals surface area contributed by atoms with Crippen molar-refractivity contribution in [2.75, 3.05) is 13.4 Å². The molecule has 0 unspecified atom stereocenters. The van der Waals surface area contributed by atoms with E-state index in [4.69, 9.17) is 9.47 Å². The molecule has 25 heavy (non-hydrogen) atoms. The van der Waals surface area contributed by atoms with Crippen LogP contribution in [-0.4, -0.2) is 36.2 Å². The van der Waals surface area contributed by atoms with Crippen LogP contribution in [0.25, 0.3) is 11.3 Å². The summed E-state index contributed by atoms with van der Waals surface area (Å²) in [4.78, 5) is 10.6. The number of rotatable bonds is 8. The molecule has 0 amide bonds. The molecule has 1 aromatic carbocycles. The van der Waals surface area contributed by atoms with Crippen molar-refractivity contribution in [2.45, 2.75) is 32.6 Å². The summed E-state index contributed by atoms with van der Waals surface area (Å²) in [5.41, 5.74) is 2.59. The fraction of sp³-hybridized carbons (Fsp3) is 0.471. The van der Waals surface area contributed by atoms with Crippen molar-refractivity contribution in [1.82, 2.24) is 9.78 Å². The van der Waals surface area contributed by atoms with E-state index in [1.54, 1.807) is 16.9 Å². The zero-order chi connectivity index (χ0) is 18.6. The van der Waals surface area contributed by atoms with Crippen LogP contribution in [-0.2, 0) is 11.8 Å². The molecule has 0 saturated carbocycles. The maximum absolute atomic E-state index is 11.1. The van der Waals surface area contributed by atoms with E-state index in [-0.39, 0.29) is 12.5 Å². The van der Waals surface area contributed by atoms with Crippen molar-refractivity contribution in [3.63, 3.8) is 0 Å². The van der Waals surface area contributed by atoms with Crippen LogP contribution in [0, 0.1) is 17.0 Å². The molecule has 0 aliphatic carbocycles. The molecule has 0 fully saturated rings. The highest BCUT2D eigenvalue weighted by Gasteiger charge is 2.18. The van der Waals surface area contributed by atoms with Crippen LogP contribution in [0.5, 0.6) is 5.75 Å². The first-order valence-electron chi connectivity index (χ1n) is 8.17. The molecule has 0 spiro atoms. The van der Waals surface area contributed by atoms with E-state index in [0.717, 1.165) is 22.9 Å². The van der Waals surface area contributed by atoms with Crippen LogP contribution in [0.2, 0.25) is 25.7 Å². The second kappa shape index (κ2) is 7.79. The number of non-ortho nitro benzene ring substituents is 1. The number of hydrogen-bond donors (Lipinski definition) is 0. The third kappa shape index (κ3) is 5.14. The molecule has 8 heteroatoms. The zero-order valence-electron chi connectivity index (χ0n) is 15.4. The molecule has 0 radical (unpaired) electrons. The van der Waals surface area contributed by atoms with Gasteiger partial charge in [-0.15, -0.1) is 0 Å². The number of aryl methyl sites for hydroxylation is 2. The van der Waals surface area contributed by atoms with E-state index in [1.807, 2.05) is 14.0 Å². The smallest absolute Gasteiger partial charge is 0.273 e. The van der Waals surface area contributed by atoms with Crippen molar-refractivity contribution >= 4 is 13.8 Å². The largest absolute Gasteiger partial charge is 0.467 e. The van der Waals surface area contributed by atoms with Crippen LogP contribution < -0.4 is 4.74 Å². The summed E-state index contributed by atoms with van der Waals surface area (Å²) < 4.78 is 13.0. The Bertz CT molecular complexity index is 733. The highest BCUT2D eigenvalue weighted by Crippen LogP contribution is 2.34. The van der Waals surface area contributed by atoms with Gasteiger partial charge in [-0.2, -0.15) is 5.10 Å². The summed E-state index contributed by atoms with van der Waals surface area (Å²) in [6.45, 7) is 9.47. The maximum Gasteiger partial charge on any atom is 0.273 e. The van der Waals surface area contributed by atoms with E-state index in [9.17, 15) is 10.1 Å². The van der Waals surface area contributed by atoms with Crippen molar-refractivity contribution in [3.8, 4) is 17.0 Å². The Labute approximate surface area is 148 Å². The lowest BCUT2D eigenvalue weighted by molar-refractivity contribution is -0.384. The number of nitrogens with zero attached hydrogens (tertiary/aromatic N) is 3. The number of nitro groups is 1. The van der Waals surface area contributed by atoms with Crippen LogP contribution in [0.4, 0.5) is 5.69 Å². The van der Waals surface area contributed by atoms with E-state index < -0.39 is 13.0 Å². The van der Waals surface area contributed by atoms with Crippen molar-refractivity contribution < 1.29 is 14.4 Å². The maximum atomic E-state index is 11.1. The van der Waals surface area contributed by atoms with Gasteiger partial charge in [-0.25, -0.2) is 0 Å². The van der Waals surface area contributed by atoms with Gasteiger partial charge in [0.05, 0.1) is 22.9 Å². The molecular weight excluding hydrogens is 338 g/mol. The predicted molar refractivity (Wildman–Crippen MR) is 99.6 cm³/mol. The molecule has 0 aliphatic heterocycles. The standard InChI is InChI=1S/C17H25N3O4Si/c1-13-11-18-19(2)17(13)15-7-6-14(20(21)22)10-16(15)24-12-23-8-9-25(3,4)5/h6-7,10-11H,8-9,12H2,1-5H3. The van der Waals surface area contributed by atoms with Crippen molar-refractivity contribution in [2.24, 2.45) is 7.05 Å². The van der Waals surface area contributed by atoms with Crippen LogP contribution in [0.3, 0.4) is 0 Å². The normalized spacial score (nSPS) is 11.6. The quantitative estimate of drug-likeness (QED) is 0.233. The first-order chi connectivity index (χ1) is 11.7. The molecule has 1 aromatic heterocycles. The zero-order valence-corrected chi connectivity index (χ0v) is 16.4. The predicted octanol–water partition coefficient (Wildman–Crippen LogP) is 3.99. The summed E-state index contributed by atoms with van der Waals surface area (Å²) in [7, 11) is 0.670. The van der Waals surface area contributed by atoms with E-state index in [2.05, 4.69) is 24.7 Å². The van der Waals surface area contributed by atoms with Gasteiger partial charge in [0.15, 0.2) is 6.79 Å². The van der Waals surface area contributed by atoms with Gasteiger partial charge < -0.3 is 9.47 Å². The lowest BCUT2D eigenvalue weighted by Crippen LogP contribution is -2.22. The van der Waals surface area contributed by atoms with Gasteiger partial charge in [0.1, 0.15) is 5.75 Å². The molecule has 0 aliphatic rings. The van der Waals surface area contributed by atoms with E-state index in [0.29, 0.717) is 12.4 Å². The molecule has 0 bridgehead atoms. The Morgan fingerprint density at radius 2 is 2.04 bits per heavy atom. The fourth-order valence-electron chi connectivity index (χ4n) is 2.42. The Morgan fingerprint density at radius 3 is 2.60 bits per heavy atom. The van der Waals surface area contributed by atoms with Crippen molar-refractivity contribution in [3.05, 3.63) is 40.1 Å². The lowest BCUT2D eigenvalue weighted by atomic mass is 10.1. The number of aromatic nitrogens is 2. The SMILES string of the molecule is Cc1cnn(C)c1-c1ccc([N+](=O)[O-])cc1OCOCC[Si](C)(C)C. The summed E-state index contributed by atoms with van der Waals surface area (Å²) in [5.74, 6) is 0.425. The van der Waals surface area contributed by atoms with Crippen LogP contribution in [0.15, 0.2) is 24.4 Å². The average Bonchev–Trinajstić information content (AvgIpc) is 2.84. The molecule has 0 saturated heterocycles. The second-order valence-electron chi connectivity index (χ2n) is 7.22. The van der Waals surface area contributed by atoms with Gasteiger partial charge in [-0.3, -0.25) is 14.8 Å². The minimum atomic E-state index is -1.16. The summed E-state index contributed by atoms with van der Waals surface area (Å²) in [6.07, 6.45) is 1.75. The van der Waals surface area contributed by atoms with Crippen LogP contribution >= 0.6 is 0 Å². The van der Waals surface area contributed by atoms with Gasteiger partial charge in [0.25, 0.3) is 5.69 Å². The van der Waals surface area contributed by atoms with Crippen molar-refractivity contribution in [1.29, 1.82) is 0 Å². The second-order valence-corrected chi connectivity index (χ2v) is 12.8. The van der Waals surface area contributed by atoms with Gasteiger partial charge in [-0.05, 0) is 24.6 Å². The molecule has 0 N–H and O–H groups in total. The Kier molecular flexibility index (Phi) is 5.96. The van der Waals surface area contributed by atoms with Gasteiger partial charge in [-0.1, -0.05) is 19.6 Å². The number of benzene rings is 1. The highest BCUT2D eigenvalue weighted by molar-refractivity contribution is 6.76. The van der Waals surface area contributed by atoms with Gasteiger partial charge >= 0.3 is 0 Å². The average molecular weight is 363 g/mol. The first kappa shape index (κ1) is 19.1. The Hall–Kier alpha value is -2.19. The number of ether oxygens (including phenoxy) is 2. The number of nitro benzene ring substituents is 1. The summed E-state index contributed by atoms with van der Waals surface area (Å²) in [6, 6.07) is 5.64. The van der Waals surface area contributed by atoms with Gasteiger partial charge in [0, 0.05) is 33.4 Å². The first-order valence-corrected chi connectivity index (χ1v) is 11.9. The third-order valence-corrected chi connectivity index (χ3v) is 5.55. The summed E-state index contributed by atoms with van der Waals surface area (Å²) in [5, 5.41) is 15.3. The minimum absolute atomic E-state index is 0.0133. The van der Waals surface area contributed by atoms with Crippen LogP contribution in [0.1, 0.15) is 5.56 Å². The summed E-state index contributed by atoms with van der Waals surface area (Å²) >= 11 is 0. The monoisotopic (exact) mass is 363 g/mol. The molecule has 136 valence electrons. The highest BCUT2D eigenvalue weighted by atomic mass is 28.3. The lowest BCUT2D eigenvalue weighted by Gasteiger charge is -2.16. The molecule has 2 rings (SSSR count). The molecular formula is C17H25N3O4Si. The molecule has 2 aromatic rings. The van der Waals surface area contributed by atoms with Gasteiger partial charge in [0.2, 0.25) is 0 Å². The third-order valence-electron chi connectivity index (χ3n) is 3.85. The molecule has 7 nitrogen and oxygen atoms in total. The van der Waals surface area contributed by atoms with E-state index >= 15 is 0 Å². The number of hydrogen-bond acceptors (Lipinski definition) is 5. The fourth-order valence-corrected chi connectivity index (χ4v) is 3.17. The Balaban J connectivity index is 2.19. The minimum Gasteiger partial charge on any atom is -0.467 e. The topological polar surface area (TPSA) is 79.4 Å². The Morgan fingerprint density at radius 1 is 1.32 bits per heavy atom. The molecule has 0 atom stereocenters. The van der Waals surface area contributed by atoms with E-state index in [1.165, 1.54) is 12.1 Å². The molecule has 1 heterocycles.